The molecule has 7 heteroatoms. The number of aryl methyl sites for hydroxylation is 1. The molecule has 2 aromatic carbocycles. The van der Waals surface area contributed by atoms with E-state index in [1.165, 1.54) is 5.56 Å². The number of rotatable bonds is 3. The minimum atomic E-state index is -2.18. The molecule has 170 valence electrons. The lowest BCUT2D eigenvalue weighted by Crippen LogP contribution is -2.42. The average molecular weight is 450 g/mol. The Morgan fingerprint density at radius 3 is 2.34 bits per heavy atom. The van der Waals surface area contributed by atoms with E-state index in [0.29, 0.717) is 35.7 Å². The summed E-state index contributed by atoms with van der Waals surface area (Å²) in [7, 11) is 0. The highest BCUT2D eigenvalue weighted by atomic mass is 19.2. The Bertz CT molecular complexity index is 1080. The summed E-state index contributed by atoms with van der Waals surface area (Å²) in [6.45, 7) is 1.36. The van der Waals surface area contributed by atoms with Crippen LogP contribution < -0.4 is 4.74 Å². The molecule has 3 aliphatic rings. The summed E-state index contributed by atoms with van der Waals surface area (Å²) in [5, 5.41) is 0. The molecule has 3 aliphatic carbocycles. The second kappa shape index (κ2) is 7.56. The van der Waals surface area contributed by atoms with Gasteiger partial charge in [0.15, 0.2) is 23.3 Å². The highest BCUT2D eigenvalue weighted by molar-refractivity contribution is 5.87. The van der Waals surface area contributed by atoms with E-state index in [0.717, 1.165) is 37.7 Å². The van der Waals surface area contributed by atoms with E-state index in [1.807, 2.05) is 6.07 Å². The first-order valence-electron chi connectivity index (χ1n) is 11.0. The van der Waals surface area contributed by atoms with E-state index in [4.69, 9.17) is 4.74 Å². The van der Waals surface area contributed by atoms with Crippen molar-refractivity contribution in [1.82, 2.24) is 0 Å². The summed E-state index contributed by atoms with van der Waals surface area (Å²) >= 11 is 0. The maximum Gasteiger partial charge on any atom is 0.200 e. The lowest BCUT2D eigenvalue weighted by atomic mass is 9.55. The second-order valence-electron chi connectivity index (χ2n) is 9.53. The van der Waals surface area contributed by atoms with Gasteiger partial charge >= 0.3 is 0 Å². The number of fused-ring (bicyclic) bond motifs is 5. The summed E-state index contributed by atoms with van der Waals surface area (Å²) < 4.78 is 73.3. The molecule has 0 unspecified atom stereocenters. The van der Waals surface area contributed by atoms with E-state index in [2.05, 4.69) is 6.92 Å². The topological polar surface area (TPSA) is 26.3 Å². The van der Waals surface area contributed by atoms with Crippen LogP contribution in [0.3, 0.4) is 0 Å². The van der Waals surface area contributed by atoms with Gasteiger partial charge in [0, 0.05) is 11.8 Å². The number of halogens is 5. The molecule has 2 saturated carbocycles. The normalized spacial score (nSPS) is 28.8. The standard InChI is InChI=1S/C25H23F5O2/c1-25-9-8-15-14-5-3-13(10-12(14)2-4-16(15)18(25)6-7-19(25)31)32-11-17-20(26)22(28)24(30)23(29)21(17)27/h3,5,10,15-16,18H,2,4,6-9,11H2,1H3/t15-,16-,18-,25-/m0/s1. The van der Waals surface area contributed by atoms with E-state index >= 15 is 0 Å². The summed E-state index contributed by atoms with van der Waals surface area (Å²) in [4.78, 5) is 12.5. The largest absolute Gasteiger partial charge is 0.489 e. The first kappa shape index (κ1) is 21.4. The van der Waals surface area contributed by atoms with Crippen LogP contribution in [0, 0.1) is 46.3 Å². The number of Topliss-reactive ketones (excluding diaryl/α,β-unsaturated/α-hetero) is 1. The van der Waals surface area contributed by atoms with Gasteiger partial charge in [-0.1, -0.05) is 13.0 Å². The molecule has 0 bridgehead atoms. The highest BCUT2D eigenvalue weighted by Gasteiger charge is 2.54. The van der Waals surface area contributed by atoms with Gasteiger partial charge in [-0.25, -0.2) is 22.0 Å². The molecule has 0 aliphatic heterocycles. The van der Waals surface area contributed by atoms with Crippen LogP contribution in [-0.4, -0.2) is 5.78 Å². The van der Waals surface area contributed by atoms with Crippen molar-refractivity contribution >= 4 is 5.78 Å². The number of benzene rings is 2. The Labute approximate surface area is 182 Å². The van der Waals surface area contributed by atoms with Gasteiger partial charge in [-0.05, 0) is 73.1 Å². The fourth-order valence-electron chi connectivity index (χ4n) is 6.35. The number of ketones is 1. The van der Waals surface area contributed by atoms with Gasteiger partial charge < -0.3 is 4.74 Å². The minimum absolute atomic E-state index is 0.199. The summed E-state index contributed by atoms with van der Waals surface area (Å²) in [5.74, 6) is -7.93. The average Bonchev–Trinajstić information content (AvgIpc) is 3.10. The zero-order valence-corrected chi connectivity index (χ0v) is 17.6. The molecule has 2 aromatic rings. The number of carbonyl (C=O) groups excluding carboxylic acids is 1. The van der Waals surface area contributed by atoms with Crippen molar-refractivity contribution in [2.45, 2.75) is 58.0 Å². The summed E-state index contributed by atoms with van der Waals surface area (Å²) in [6.07, 6.45) is 5.22. The number of hydrogen-bond donors (Lipinski definition) is 0. The van der Waals surface area contributed by atoms with Gasteiger partial charge in [-0.3, -0.25) is 4.79 Å². The molecule has 32 heavy (non-hydrogen) atoms. The molecule has 0 saturated heterocycles. The van der Waals surface area contributed by atoms with Crippen LogP contribution in [0.2, 0.25) is 0 Å². The van der Waals surface area contributed by atoms with Crippen molar-refractivity contribution in [2.75, 3.05) is 0 Å². The summed E-state index contributed by atoms with van der Waals surface area (Å²) in [5.41, 5.74) is 1.10. The van der Waals surface area contributed by atoms with Gasteiger partial charge in [0.2, 0.25) is 5.82 Å². The fourth-order valence-corrected chi connectivity index (χ4v) is 6.35. The van der Waals surface area contributed by atoms with Gasteiger partial charge in [-0.15, -0.1) is 0 Å². The van der Waals surface area contributed by atoms with Crippen molar-refractivity contribution in [3.63, 3.8) is 0 Å². The third-order valence-electron chi connectivity index (χ3n) is 8.09. The quantitative estimate of drug-likeness (QED) is 0.308. The van der Waals surface area contributed by atoms with Crippen molar-refractivity contribution < 1.29 is 31.5 Å². The van der Waals surface area contributed by atoms with E-state index < -0.39 is 41.3 Å². The Balaban J connectivity index is 1.36. The third-order valence-corrected chi connectivity index (χ3v) is 8.09. The third kappa shape index (κ3) is 3.07. The van der Waals surface area contributed by atoms with Crippen molar-refractivity contribution in [1.29, 1.82) is 0 Å². The molecular weight excluding hydrogens is 427 g/mol. The second-order valence-corrected chi connectivity index (χ2v) is 9.53. The van der Waals surface area contributed by atoms with Crippen LogP contribution in [0.4, 0.5) is 22.0 Å². The molecular formula is C25H23F5O2. The van der Waals surface area contributed by atoms with Gasteiger partial charge in [0.1, 0.15) is 18.1 Å². The maximum atomic E-state index is 13.9. The summed E-state index contributed by atoms with van der Waals surface area (Å²) in [6, 6.07) is 5.42. The SMILES string of the molecule is C[C@]12CC[C@H]3c4ccc(OCc5c(F)c(F)c(F)c(F)c5F)cc4CC[C@@H]3[C@@H]1CCC2=O. The van der Waals surface area contributed by atoms with Crippen LogP contribution in [0.25, 0.3) is 0 Å². The molecule has 5 rings (SSSR count). The van der Waals surface area contributed by atoms with Crippen molar-refractivity contribution in [2.24, 2.45) is 17.3 Å². The zero-order chi connectivity index (χ0) is 22.8. The molecule has 2 nitrogen and oxygen atoms in total. The predicted molar refractivity (Wildman–Crippen MR) is 107 cm³/mol. The molecule has 2 fully saturated rings. The number of carbonyl (C=O) groups is 1. The fraction of sp³-hybridized carbons (Fsp3) is 0.480. The molecule has 0 aromatic heterocycles. The highest BCUT2D eigenvalue weighted by Crippen LogP contribution is 2.59. The van der Waals surface area contributed by atoms with Gasteiger partial charge in [-0.2, -0.15) is 0 Å². The van der Waals surface area contributed by atoms with Gasteiger partial charge in [0.25, 0.3) is 0 Å². The maximum absolute atomic E-state index is 13.9. The van der Waals surface area contributed by atoms with Crippen LogP contribution in [0.15, 0.2) is 18.2 Å². The predicted octanol–water partition coefficient (Wildman–Crippen LogP) is 6.39. The zero-order valence-electron chi connectivity index (χ0n) is 17.6. The Morgan fingerprint density at radius 2 is 1.62 bits per heavy atom. The molecule has 0 N–H and O–H groups in total. The van der Waals surface area contributed by atoms with E-state index in [1.54, 1.807) is 12.1 Å². The van der Waals surface area contributed by atoms with Crippen LogP contribution in [0.5, 0.6) is 5.75 Å². The first-order valence-corrected chi connectivity index (χ1v) is 11.0. The molecule has 0 radical (unpaired) electrons. The smallest absolute Gasteiger partial charge is 0.200 e. The van der Waals surface area contributed by atoms with Crippen LogP contribution >= 0.6 is 0 Å². The van der Waals surface area contributed by atoms with Crippen molar-refractivity contribution in [3.05, 3.63) is 64.0 Å². The molecule has 4 atom stereocenters. The monoisotopic (exact) mass is 450 g/mol. The molecule has 0 spiro atoms. The van der Waals surface area contributed by atoms with Crippen molar-refractivity contribution in [3.8, 4) is 5.75 Å². The Hall–Kier alpha value is -2.44. The molecule has 0 amide bonds. The molecule has 0 heterocycles. The minimum Gasteiger partial charge on any atom is -0.489 e. The number of hydrogen-bond acceptors (Lipinski definition) is 2. The lowest BCUT2D eigenvalue weighted by molar-refractivity contribution is -0.129. The Morgan fingerprint density at radius 1 is 0.938 bits per heavy atom. The van der Waals surface area contributed by atoms with Crippen LogP contribution in [-0.2, 0) is 17.8 Å². The number of ether oxygens (including phenoxy) is 1. The first-order chi connectivity index (χ1) is 15.2. The lowest BCUT2D eigenvalue weighted by Gasteiger charge is -2.48. The van der Waals surface area contributed by atoms with Crippen LogP contribution in [0.1, 0.15) is 61.6 Å². The van der Waals surface area contributed by atoms with E-state index in [9.17, 15) is 26.7 Å². The van der Waals surface area contributed by atoms with E-state index in [-0.39, 0.29) is 5.41 Å². The van der Waals surface area contributed by atoms with Gasteiger partial charge in [0.05, 0.1) is 5.56 Å². The Kier molecular flexibility index (Phi) is 5.06.